The van der Waals surface area contributed by atoms with E-state index in [1.807, 2.05) is 0 Å². The highest BCUT2D eigenvalue weighted by Gasteiger charge is 2.11. The zero-order valence-corrected chi connectivity index (χ0v) is 16.0. The minimum Gasteiger partial charge on any atom is -0.346 e. The van der Waals surface area contributed by atoms with Crippen LogP contribution in [0.5, 0.6) is 0 Å². The number of amides is 1. The van der Waals surface area contributed by atoms with E-state index >= 15 is 0 Å². The molecule has 0 bridgehead atoms. The van der Waals surface area contributed by atoms with Gasteiger partial charge in [0.2, 0.25) is 0 Å². The van der Waals surface area contributed by atoms with Crippen molar-refractivity contribution in [2.45, 2.75) is 33.2 Å². The Labute approximate surface area is 164 Å². The predicted molar refractivity (Wildman–Crippen MR) is 108 cm³/mol. The van der Waals surface area contributed by atoms with Crippen LogP contribution in [0.3, 0.4) is 0 Å². The zero-order valence-electron chi connectivity index (χ0n) is 16.0. The lowest BCUT2D eigenvalue weighted by Crippen LogP contribution is -2.24. The van der Waals surface area contributed by atoms with Gasteiger partial charge in [-0.25, -0.2) is 14.4 Å². The molecule has 0 atom stereocenters. The van der Waals surface area contributed by atoms with Crippen molar-refractivity contribution >= 4 is 17.4 Å². The molecule has 3 aromatic rings. The van der Waals surface area contributed by atoms with Crippen molar-refractivity contribution in [2.75, 3.05) is 5.32 Å². The van der Waals surface area contributed by atoms with Crippen molar-refractivity contribution in [1.29, 1.82) is 0 Å². The number of hydrogen-bond donors (Lipinski definition) is 2. The van der Waals surface area contributed by atoms with Crippen LogP contribution in [0, 0.1) is 5.82 Å². The second kappa shape index (κ2) is 9.08. The number of nitrogens with one attached hydrogen (secondary N) is 2. The lowest BCUT2D eigenvalue weighted by molar-refractivity contribution is 0.0945. The first kappa shape index (κ1) is 19.5. The van der Waals surface area contributed by atoms with Gasteiger partial charge in [0.05, 0.1) is 12.4 Å². The van der Waals surface area contributed by atoms with Crippen LogP contribution in [-0.2, 0) is 19.4 Å². The molecule has 28 heavy (non-hydrogen) atoms. The maximum Gasteiger partial charge on any atom is 0.271 e. The summed E-state index contributed by atoms with van der Waals surface area (Å²) < 4.78 is 13.6. The van der Waals surface area contributed by atoms with Crippen molar-refractivity contribution in [2.24, 2.45) is 0 Å². The number of carbonyl (C=O) groups is 1. The molecule has 0 radical (unpaired) electrons. The molecule has 1 amide bonds. The number of anilines is 2. The van der Waals surface area contributed by atoms with E-state index in [0.29, 0.717) is 11.4 Å². The number of aryl methyl sites for hydroxylation is 2. The molecule has 0 aliphatic heterocycles. The van der Waals surface area contributed by atoms with Gasteiger partial charge in [-0.2, -0.15) is 0 Å². The van der Waals surface area contributed by atoms with Crippen LogP contribution in [0.1, 0.15) is 41.0 Å². The average Bonchev–Trinajstić information content (AvgIpc) is 2.73. The molecular weight excluding hydrogens is 355 g/mol. The van der Waals surface area contributed by atoms with Crippen LogP contribution < -0.4 is 10.6 Å². The Morgan fingerprint density at radius 3 is 2.21 bits per heavy atom. The fourth-order valence-electron chi connectivity index (χ4n) is 2.95. The van der Waals surface area contributed by atoms with Gasteiger partial charge in [-0.3, -0.25) is 4.79 Å². The quantitative estimate of drug-likeness (QED) is 0.639. The van der Waals surface area contributed by atoms with Crippen molar-refractivity contribution < 1.29 is 9.18 Å². The molecule has 0 aliphatic rings. The molecule has 0 spiro atoms. The summed E-state index contributed by atoms with van der Waals surface area (Å²) in [5.74, 6) is -0.179. The van der Waals surface area contributed by atoms with Crippen LogP contribution in [0.2, 0.25) is 0 Å². The lowest BCUT2D eigenvalue weighted by Gasteiger charge is -2.14. The lowest BCUT2D eigenvalue weighted by atomic mass is 10.0. The maximum absolute atomic E-state index is 13.6. The second-order valence-electron chi connectivity index (χ2n) is 6.34. The molecule has 0 unspecified atom stereocenters. The summed E-state index contributed by atoms with van der Waals surface area (Å²) in [6.07, 6.45) is 4.75. The summed E-state index contributed by atoms with van der Waals surface area (Å²) in [5.41, 5.74) is 4.05. The van der Waals surface area contributed by atoms with Crippen molar-refractivity contribution in [3.8, 4) is 0 Å². The highest BCUT2D eigenvalue weighted by molar-refractivity contribution is 5.92. The van der Waals surface area contributed by atoms with Gasteiger partial charge in [0, 0.05) is 17.8 Å². The van der Waals surface area contributed by atoms with Gasteiger partial charge in [-0.15, -0.1) is 0 Å². The Kier molecular flexibility index (Phi) is 6.32. The third-order valence-corrected chi connectivity index (χ3v) is 4.53. The van der Waals surface area contributed by atoms with Crippen molar-refractivity contribution in [3.63, 3.8) is 0 Å². The van der Waals surface area contributed by atoms with Crippen LogP contribution in [0.4, 0.5) is 15.9 Å². The van der Waals surface area contributed by atoms with Gasteiger partial charge in [-0.1, -0.05) is 50.2 Å². The molecule has 0 saturated carbocycles. The Morgan fingerprint density at radius 1 is 0.929 bits per heavy atom. The number of nitrogens with zero attached hydrogens (tertiary/aromatic N) is 2. The summed E-state index contributed by atoms with van der Waals surface area (Å²) >= 11 is 0. The Hall–Kier alpha value is -3.28. The van der Waals surface area contributed by atoms with Gasteiger partial charge >= 0.3 is 0 Å². The molecular formula is C22H23FN4O. The number of benzene rings is 2. The molecule has 144 valence electrons. The monoisotopic (exact) mass is 378 g/mol. The number of rotatable bonds is 7. The molecule has 1 heterocycles. The average molecular weight is 378 g/mol. The normalized spacial score (nSPS) is 10.5. The number of hydrogen-bond acceptors (Lipinski definition) is 4. The molecule has 3 rings (SSSR count). The summed E-state index contributed by atoms with van der Waals surface area (Å²) in [5, 5.41) is 5.98. The van der Waals surface area contributed by atoms with Crippen molar-refractivity contribution in [3.05, 3.63) is 83.1 Å². The maximum atomic E-state index is 13.6. The van der Waals surface area contributed by atoms with E-state index in [1.54, 1.807) is 18.2 Å². The van der Waals surface area contributed by atoms with Crippen LogP contribution in [0.15, 0.2) is 54.9 Å². The largest absolute Gasteiger partial charge is 0.346 e. The third-order valence-electron chi connectivity index (χ3n) is 4.53. The zero-order chi connectivity index (χ0) is 19.9. The Bertz CT molecular complexity index is 935. The molecule has 6 heteroatoms. The van der Waals surface area contributed by atoms with Crippen LogP contribution in [-0.4, -0.2) is 15.9 Å². The number of carbonyl (C=O) groups excluding carboxylic acids is 1. The minimum absolute atomic E-state index is 0.0942. The standard InChI is InChI=1S/C22H23FN4O/c1-3-15-9-7-10-16(4-2)21(15)27-20-14-24-19(13-25-20)22(28)26-12-17-8-5-6-11-18(17)23/h5-11,13-14H,3-4,12H2,1-2H3,(H,25,27)(H,26,28). The Balaban J connectivity index is 1.68. The van der Waals surface area contributed by atoms with E-state index in [4.69, 9.17) is 0 Å². The topological polar surface area (TPSA) is 66.9 Å². The molecule has 2 N–H and O–H groups in total. The Morgan fingerprint density at radius 2 is 1.61 bits per heavy atom. The van der Waals surface area contributed by atoms with Gasteiger partial charge in [0.25, 0.3) is 5.91 Å². The minimum atomic E-state index is -0.398. The molecule has 0 saturated heterocycles. The molecule has 0 fully saturated rings. The molecule has 2 aromatic carbocycles. The van der Waals surface area contributed by atoms with E-state index in [2.05, 4.69) is 52.6 Å². The second-order valence-corrected chi connectivity index (χ2v) is 6.34. The predicted octanol–water partition coefficient (Wildman–Crippen LogP) is 4.41. The third kappa shape index (κ3) is 4.52. The molecule has 0 aliphatic carbocycles. The number of aromatic nitrogens is 2. The molecule has 1 aromatic heterocycles. The highest BCUT2D eigenvalue weighted by Crippen LogP contribution is 2.25. The fourth-order valence-corrected chi connectivity index (χ4v) is 2.95. The van der Waals surface area contributed by atoms with Gasteiger partial charge < -0.3 is 10.6 Å². The van der Waals surface area contributed by atoms with Gasteiger partial charge in [0.1, 0.15) is 17.3 Å². The fraction of sp³-hybridized carbons (Fsp3) is 0.227. The summed E-state index contributed by atoms with van der Waals surface area (Å²) in [7, 11) is 0. The first-order chi connectivity index (χ1) is 13.6. The number of para-hydroxylation sites is 1. The first-order valence-electron chi connectivity index (χ1n) is 9.33. The van der Waals surface area contributed by atoms with Crippen LogP contribution >= 0.6 is 0 Å². The highest BCUT2D eigenvalue weighted by atomic mass is 19.1. The van der Waals surface area contributed by atoms with E-state index in [-0.39, 0.29) is 18.1 Å². The van der Waals surface area contributed by atoms with E-state index in [0.717, 1.165) is 18.5 Å². The van der Waals surface area contributed by atoms with Gasteiger partial charge in [-0.05, 0) is 30.0 Å². The van der Waals surface area contributed by atoms with Crippen molar-refractivity contribution in [1.82, 2.24) is 15.3 Å². The number of halogens is 1. The SMILES string of the molecule is CCc1cccc(CC)c1Nc1cnc(C(=O)NCc2ccccc2F)cn1. The molecule has 5 nitrogen and oxygen atoms in total. The summed E-state index contributed by atoms with van der Waals surface area (Å²) in [4.78, 5) is 20.7. The summed E-state index contributed by atoms with van der Waals surface area (Å²) in [6, 6.07) is 12.5. The first-order valence-corrected chi connectivity index (χ1v) is 9.33. The smallest absolute Gasteiger partial charge is 0.271 e. The van der Waals surface area contributed by atoms with E-state index < -0.39 is 5.91 Å². The van der Waals surface area contributed by atoms with Crippen LogP contribution in [0.25, 0.3) is 0 Å². The summed E-state index contributed by atoms with van der Waals surface area (Å²) in [6.45, 7) is 4.31. The van der Waals surface area contributed by atoms with E-state index in [9.17, 15) is 9.18 Å². The van der Waals surface area contributed by atoms with E-state index in [1.165, 1.54) is 29.6 Å². The van der Waals surface area contributed by atoms with Gasteiger partial charge in [0.15, 0.2) is 0 Å².